The normalized spacial score (nSPS) is 14.2. The van der Waals surface area contributed by atoms with Crippen LogP contribution in [-0.4, -0.2) is 5.11 Å². The van der Waals surface area contributed by atoms with E-state index in [-0.39, 0.29) is 0 Å². The van der Waals surface area contributed by atoms with Gasteiger partial charge in [0.15, 0.2) is 0 Å². The molecule has 2 rings (SSSR count). The molecule has 0 bridgehead atoms. The second kappa shape index (κ2) is 4.95. The van der Waals surface area contributed by atoms with E-state index in [9.17, 15) is 5.11 Å². The lowest BCUT2D eigenvalue weighted by atomic mass is 9.87. The fourth-order valence-corrected chi connectivity index (χ4v) is 2.19. The van der Waals surface area contributed by atoms with Crippen molar-refractivity contribution in [2.75, 3.05) is 0 Å². The number of aliphatic hydroxyl groups is 1. The first kappa shape index (κ1) is 12.8. The fraction of sp³-hybridized carbons (Fsp3) is 0.294. The molecule has 0 aromatic heterocycles. The Labute approximate surface area is 109 Å². The highest BCUT2D eigenvalue weighted by molar-refractivity contribution is 5.32. The lowest BCUT2D eigenvalue weighted by molar-refractivity contribution is 0.0574. The van der Waals surface area contributed by atoms with Crippen LogP contribution in [0.2, 0.25) is 0 Å². The third-order valence-corrected chi connectivity index (χ3v) is 3.47. The summed E-state index contributed by atoms with van der Waals surface area (Å²) < 4.78 is 0. The first-order chi connectivity index (χ1) is 8.49. The van der Waals surface area contributed by atoms with Crippen LogP contribution in [0, 0.1) is 13.8 Å². The van der Waals surface area contributed by atoms with Gasteiger partial charge in [0.2, 0.25) is 0 Å². The van der Waals surface area contributed by atoms with Gasteiger partial charge in [-0.25, -0.2) is 0 Å². The average molecular weight is 240 g/mol. The maximum Gasteiger partial charge on any atom is 0.0908 e. The molecule has 0 amide bonds. The topological polar surface area (TPSA) is 20.2 Å². The van der Waals surface area contributed by atoms with Crippen LogP contribution in [0.15, 0.2) is 48.5 Å². The van der Waals surface area contributed by atoms with Crippen molar-refractivity contribution in [3.63, 3.8) is 0 Å². The van der Waals surface area contributed by atoms with Crippen LogP contribution >= 0.6 is 0 Å². The lowest BCUT2D eigenvalue weighted by Crippen LogP contribution is -2.24. The van der Waals surface area contributed by atoms with Gasteiger partial charge in [0.05, 0.1) is 5.60 Å². The first-order valence-corrected chi connectivity index (χ1v) is 6.33. The van der Waals surface area contributed by atoms with Gasteiger partial charge in [-0.2, -0.15) is 0 Å². The zero-order valence-electron chi connectivity index (χ0n) is 11.3. The van der Waals surface area contributed by atoms with Crippen molar-refractivity contribution in [3.05, 3.63) is 70.8 Å². The largest absolute Gasteiger partial charge is 0.385 e. The van der Waals surface area contributed by atoms with Gasteiger partial charge in [-0.1, -0.05) is 54.1 Å². The van der Waals surface area contributed by atoms with Crippen molar-refractivity contribution in [2.45, 2.75) is 32.8 Å². The molecule has 2 aromatic rings. The Morgan fingerprint density at radius 2 is 1.56 bits per heavy atom. The molecule has 1 nitrogen and oxygen atoms in total. The minimum absolute atomic E-state index is 0.642. The summed E-state index contributed by atoms with van der Waals surface area (Å²) >= 11 is 0. The minimum atomic E-state index is -0.820. The minimum Gasteiger partial charge on any atom is -0.385 e. The summed E-state index contributed by atoms with van der Waals surface area (Å²) in [6.45, 7) is 6.02. The second-order valence-electron chi connectivity index (χ2n) is 5.24. The molecule has 0 spiro atoms. The Hall–Kier alpha value is -1.60. The number of hydrogen-bond donors (Lipinski definition) is 1. The predicted octanol–water partition coefficient (Wildman–Crippen LogP) is 3.75. The van der Waals surface area contributed by atoms with Gasteiger partial charge in [0, 0.05) is 6.42 Å². The monoisotopic (exact) mass is 240 g/mol. The molecular formula is C17H20O. The van der Waals surface area contributed by atoms with Crippen LogP contribution < -0.4 is 0 Å². The van der Waals surface area contributed by atoms with Crippen molar-refractivity contribution in [3.8, 4) is 0 Å². The van der Waals surface area contributed by atoms with Crippen LogP contribution in [0.5, 0.6) is 0 Å². The van der Waals surface area contributed by atoms with Gasteiger partial charge in [-0.3, -0.25) is 0 Å². The van der Waals surface area contributed by atoms with E-state index >= 15 is 0 Å². The number of hydrogen-bond acceptors (Lipinski definition) is 1. The van der Waals surface area contributed by atoms with Crippen molar-refractivity contribution in [2.24, 2.45) is 0 Å². The molecule has 0 saturated carbocycles. The van der Waals surface area contributed by atoms with Crippen molar-refractivity contribution >= 4 is 0 Å². The molecular weight excluding hydrogens is 220 g/mol. The smallest absolute Gasteiger partial charge is 0.0908 e. The quantitative estimate of drug-likeness (QED) is 0.866. The van der Waals surface area contributed by atoms with E-state index in [4.69, 9.17) is 0 Å². The Balaban J connectivity index is 2.27. The van der Waals surface area contributed by atoms with Gasteiger partial charge in [0.1, 0.15) is 0 Å². The van der Waals surface area contributed by atoms with E-state index in [1.807, 2.05) is 43.3 Å². The van der Waals surface area contributed by atoms with Gasteiger partial charge < -0.3 is 5.11 Å². The van der Waals surface area contributed by atoms with E-state index in [2.05, 4.69) is 26.0 Å². The highest BCUT2D eigenvalue weighted by atomic mass is 16.3. The summed E-state index contributed by atoms with van der Waals surface area (Å²) in [5, 5.41) is 10.7. The summed E-state index contributed by atoms with van der Waals surface area (Å²) in [7, 11) is 0. The summed E-state index contributed by atoms with van der Waals surface area (Å²) in [4.78, 5) is 0. The maximum atomic E-state index is 10.7. The molecule has 1 unspecified atom stereocenters. The Bertz CT molecular complexity index is 524. The maximum absolute atomic E-state index is 10.7. The van der Waals surface area contributed by atoms with E-state index in [1.165, 1.54) is 16.7 Å². The molecule has 0 fully saturated rings. The molecule has 1 atom stereocenters. The van der Waals surface area contributed by atoms with E-state index < -0.39 is 5.60 Å². The Morgan fingerprint density at radius 1 is 0.944 bits per heavy atom. The molecule has 0 saturated heterocycles. The van der Waals surface area contributed by atoms with Crippen LogP contribution in [0.25, 0.3) is 0 Å². The summed E-state index contributed by atoms with van der Waals surface area (Å²) in [6.07, 6.45) is 0.642. The molecule has 2 aromatic carbocycles. The summed E-state index contributed by atoms with van der Waals surface area (Å²) in [5.74, 6) is 0. The van der Waals surface area contributed by atoms with Gasteiger partial charge in [-0.05, 0) is 37.5 Å². The SMILES string of the molecule is Cc1ccc(C(C)(O)Cc2ccccc2C)cc1. The highest BCUT2D eigenvalue weighted by Crippen LogP contribution is 2.26. The molecule has 1 heteroatoms. The second-order valence-corrected chi connectivity index (χ2v) is 5.24. The molecule has 0 aliphatic heterocycles. The van der Waals surface area contributed by atoms with Gasteiger partial charge >= 0.3 is 0 Å². The van der Waals surface area contributed by atoms with Crippen molar-refractivity contribution in [1.29, 1.82) is 0 Å². The summed E-state index contributed by atoms with van der Waals surface area (Å²) in [5.41, 5.74) is 3.79. The van der Waals surface area contributed by atoms with E-state index in [0.29, 0.717) is 6.42 Å². The summed E-state index contributed by atoms with van der Waals surface area (Å²) in [6, 6.07) is 16.3. The van der Waals surface area contributed by atoms with Crippen LogP contribution in [-0.2, 0) is 12.0 Å². The third-order valence-electron chi connectivity index (χ3n) is 3.47. The van der Waals surface area contributed by atoms with E-state index in [0.717, 1.165) is 5.56 Å². The predicted molar refractivity (Wildman–Crippen MR) is 75.6 cm³/mol. The standard InChI is InChI=1S/C17H20O/c1-13-8-10-16(11-9-13)17(3,18)12-15-7-5-4-6-14(15)2/h4-11,18H,12H2,1-3H3. The average Bonchev–Trinajstić information content (AvgIpc) is 2.32. The number of benzene rings is 2. The van der Waals surface area contributed by atoms with Gasteiger partial charge in [0.25, 0.3) is 0 Å². The molecule has 1 N–H and O–H groups in total. The third kappa shape index (κ3) is 2.80. The number of rotatable bonds is 3. The van der Waals surface area contributed by atoms with Gasteiger partial charge in [-0.15, -0.1) is 0 Å². The zero-order chi connectivity index (χ0) is 13.2. The first-order valence-electron chi connectivity index (χ1n) is 6.33. The van der Waals surface area contributed by atoms with Crippen LogP contribution in [0.3, 0.4) is 0 Å². The Morgan fingerprint density at radius 3 is 2.17 bits per heavy atom. The van der Waals surface area contributed by atoms with Crippen molar-refractivity contribution in [1.82, 2.24) is 0 Å². The number of aryl methyl sites for hydroxylation is 2. The molecule has 0 radical (unpaired) electrons. The molecule has 18 heavy (non-hydrogen) atoms. The van der Waals surface area contributed by atoms with Crippen LogP contribution in [0.4, 0.5) is 0 Å². The van der Waals surface area contributed by atoms with Crippen LogP contribution in [0.1, 0.15) is 29.2 Å². The molecule has 0 heterocycles. The van der Waals surface area contributed by atoms with Crippen molar-refractivity contribution < 1.29 is 5.11 Å². The molecule has 0 aliphatic carbocycles. The zero-order valence-corrected chi connectivity index (χ0v) is 11.3. The lowest BCUT2D eigenvalue weighted by Gasteiger charge is -2.25. The van der Waals surface area contributed by atoms with E-state index in [1.54, 1.807) is 0 Å². The fourth-order valence-electron chi connectivity index (χ4n) is 2.19. The Kier molecular flexibility index (Phi) is 3.53. The highest BCUT2D eigenvalue weighted by Gasteiger charge is 2.23. The molecule has 0 aliphatic rings. The molecule has 94 valence electrons.